The van der Waals surface area contributed by atoms with Crippen LogP contribution in [0.2, 0.25) is 0 Å². The number of nitrogens with zero attached hydrogens (tertiary/aromatic N) is 2. The normalized spacial score (nSPS) is 12.4. The zero-order valence-corrected chi connectivity index (χ0v) is 12.1. The average molecular weight is 282 g/mol. The van der Waals surface area contributed by atoms with Crippen LogP contribution in [0.25, 0.3) is 11.0 Å². The molecule has 7 heteroatoms. The van der Waals surface area contributed by atoms with Gasteiger partial charge in [-0.25, -0.2) is 9.71 Å². The number of aromatic nitrogens is 2. The first-order chi connectivity index (χ1) is 8.88. The molecule has 0 saturated heterocycles. The molecule has 0 radical (unpaired) electrons. The van der Waals surface area contributed by atoms with Crippen LogP contribution in [0, 0.1) is 6.92 Å². The lowest BCUT2D eigenvalue weighted by Gasteiger charge is -2.12. The molecule has 0 spiro atoms. The van der Waals surface area contributed by atoms with Gasteiger partial charge in [0, 0.05) is 20.6 Å². The Kier molecular flexibility index (Phi) is 3.88. The van der Waals surface area contributed by atoms with Gasteiger partial charge in [-0.2, -0.15) is 12.7 Å². The minimum atomic E-state index is -3.34. The second-order valence-electron chi connectivity index (χ2n) is 4.61. The molecule has 0 fully saturated rings. The van der Waals surface area contributed by atoms with Gasteiger partial charge in [-0.15, -0.1) is 0 Å². The minimum absolute atomic E-state index is 0.374. The molecule has 0 aliphatic rings. The van der Waals surface area contributed by atoms with E-state index in [2.05, 4.69) is 14.7 Å². The highest BCUT2D eigenvalue weighted by Crippen LogP contribution is 2.13. The van der Waals surface area contributed by atoms with Crippen LogP contribution < -0.4 is 4.72 Å². The third kappa shape index (κ3) is 3.31. The second-order valence-corrected chi connectivity index (χ2v) is 6.57. The lowest BCUT2D eigenvalue weighted by molar-refractivity contribution is 0.506. The molecule has 0 unspecified atom stereocenters. The van der Waals surface area contributed by atoms with E-state index in [1.54, 1.807) is 0 Å². The molecule has 0 aliphatic carbocycles. The van der Waals surface area contributed by atoms with Crippen molar-refractivity contribution in [3.63, 3.8) is 0 Å². The lowest BCUT2D eigenvalue weighted by Crippen LogP contribution is -2.36. The Labute approximate surface area is 113 Å². The smallest absolute Gasteiger partial charge is 0.278 e. The Morgan fingerprint density at radius 2 is 2.11 bits per heavy atom. The van der Waals surface area contributed by atoms with E-state index in [0.29, 0.717) is 13.0 Å². The number of aryl methyl sites for hydroxylation is 1. The number of aromatic amines is 1. The third-order valence-corrected chi connectivity index (χ3v) is 4.37. The Bertz CT molecular complexity index is 676. The van der Waals surface area contributed by atoms with Crippen molar-refractivity contribution in [2.75, 3.05) is 20.6 Å². The van der Waals surface area contributed by atoms with Crippen LogP contribution in [0.15, 0.2) is 18.2 Å². The van der Waals surface area contributed by atoms with Crippen LogP contribution in [0.1, 0.15) is 11.4 Å². The first-order valence-corrected chi connectivity index (χ1v) is 7.45. The van der Waals surface area contributed by atoms with Gasteiger partial charge >= 0.3 is 0 Å². The van der Waals surface area contributed by atoms with Gasteiger partial charge in [0.1, 0.15) is 5.82 Å². The molecule has 6 nitrogen and oxygen atoms in total. The topological polar surface area (TPSA) is 78.1 Å². The Morgan fingerprint density at radius 3 is 2.79 bits per heavy atom. The van der Waals surface area contributed by atoms with Crippen molar-refractivity contribution in [2.45, 2.75) is 13.3 Å². The SMILES string of the molecule is Cc1nc2ccc(CCNS(=O)(=O)N(C)C)cc2[nH]1. The van der Waals surface area contributed by atoms with Crippen LogP contribution in [0.5, 0.6) is 0 Å². The predicted octanol–water partition coefficient (Wildman–Crippen LogP) is 0.810. The third-order valence-electron chi connectivity index (χ3n) is 2.84. The molecule has 0 atom stereocenters. The molecule has 1 aromatic heterocycles. The van der Waals surface area contributed by atoms with Gasteiger partial charge in [0.15, 0.2) is 0 Å². The molecule has 1 heterocycles. The first-order valence-electron chi connectivity index (χ1n) is 6.01. The van der Waals surface area contributed by atoms with Crippen LogP contribution in [-0.4, -0.2) is 43.3 Å². The average Bonchev–Trinajstić information content (AvgIpc) is 2.68. The lowest BCUT2D eigenvalue weighted by atomic mass is 10.1. The number of imidazole rings is 1. The molecule has 0 saturated carbocycles. The summed E-state index contributed by atoms with van der Waals surface area (Å²) in [6.07, 6.45) is 0.640. The number of fused-ring (bicyclic) bond motifs is 1. The van der Waals surface area contributed by atoms with Gasteiger partial charge in [-0.1, -0.05) is 6.07 Å². The molecule has 1 aromatic carbocycles. The molecule has 2 rings (SSSR count). The Hall–Kier alpha value is -1.44. The van der Waals surface area contributed by atoms with E-state index in [0.717, 1.165) is 26.7 Å². The summed E-state index contributed by atoms with van der Waals surface area (Å²) >= 11 is 0. The maximum Gasteiger partial charge on any atom is 0.278 e. The van der Waals surface area contributed by atoms with E-state index >= 15 is 0 Å². The maximum absolute atomic E-state index is 11.5. The highest BCUT2D eigenvalue weighted by atomic mass is 32.2. The van der Waals surface area contributed by atoms with Crippen LogP contribution in [-0.2, 0) is 16.6 Å². The summed E-state index contributed by atoms with van der Waals surface area (Å²) in [5.74, 6) is 0.875. The van der Waals surface area contributed by atoms with Crippen molar-refractivity contribution in [1.29, 1.82) is 0 Å². The summed E-state index contributed by atoms with van der Waals surface area (Å²) in [6.45, 7) is 2.28. The number of H-pyrrole nitrogens is 1. The summed E-state index contributed by atoms with van der Waals surface area (Å²) in [5.41, 5.74) is 2.97. The van der Waals surface area contributed by atoms with Crippen molar-refractivity contribution in [3.05, 3.63) is 29.6 Å². The van der Waals surface area contributed by atoms with Crippen molar-refractivity contribution < 1.29 is 8.42 Å². The number of nitrogens with one attached hydrogen (secondary N) is 2. The highest BCUT2D eigenvalue weighted by molar-refractivity contribution is 7.87. The van der Waals surface area contributed by atoms with E-state index in [9.17, 15) is 8.42 Å². The second kappa shape index (κ2) is 5.28. The van der Waals surface area contributed by atoms with Crippen LogP contribution >= 0.6 is 0 Å². The van der Waals surface area contributed by atoms with Crippen molar-refractivity contribution in [3.8, 4) is 0 Å². The molecule has 104 valence electrons. The molecule has 19 heavy (non-hydrogen) atoms. The molecule has 0 amide bonds. The fourth-order valence-corrected chi connectivity index (χ4v) is 2.41. The highest BCUT2D eigenvalue weighted by Gasteiger charge is 2.11. The first kappa shape index (κ1) is 14.0. The quantitative estimate of drug-likeness (QED) is 0.852. The fourth-order valence-electron chi connectivity index (χ4n) is 1.79. The molecular formula is C12H18N4O2S. The van der Waals surface area contributed by atoms with Crippen LogP contribution in [0.3, 0.4) is 0 Å². The van der Waals surface area contributed by atoms with E-state index in [4.69, 9.17) is 0 Å². The molecule has 2 aromatic rings. The number of rotatable bonds is 5. The van der Waals surface area contributed by atoms with Gasteiger partial charge in [0.05, 0.1) is 11.0 Å². The van der Waals surface area contributed by atoms with Gasteiger partial charge in [0.25, 0.3) is 10.2 Å². The summed E-state index contributed by atoms with van der Waals surface area (Å²) in [7, 11) is -0.340. The molecule has 0 bridgehead atoms. The predicted molar refractivity (Wildman–Crippen MR) is 75.1 cm³/mol. The van der Waals surface area contributed by atoms with Gasteiger partial charge in [0.2, 0.25) is 0 Å². The standard InChI is InChI=1S/C12H18N4O2S/c1-9-14-11-5-4-10(8-12(11)15-9)6-7-13-19(17,18)16(2)3/h4-5,8,13H,6-7H2,1-3H3,(H,14,15). The summed E-state index contributed by atoms with van der Waals surface area (Å²) in [6, 6.07) is 5.90. The number of hydrogen-bond acceptors (Lipinski definition) is 3. The van der Waals surface area contributed by atoms with Gasteiger partial charge < -0.3 is 4.98 Å². The monoisotopic (exact) mass is 282 g/mol. The Balaban J connectivity index is 2.02. The summed E-state index contributed by atoms with van der Waals surface area (Å²) in [5, 5.41) is 0. The molecular weight excluding hydrogens is 264 g/mol. The zero-order valence-electron chi connectivity index (χ0n) is 11.3. The zero-order chi connectivity index (χ0) is 14.0. The fraction of sp³-hybridized carbons (Fsp3) is 0.417. The maximum atomic E-state index is 11.5. The van der Waals surface area contributed by atoms with E-state index < -0.39 is 10.2 Å². The van der Waals surface area contributed by atoms with Crippen LogP contribution in [0.4, 0.5) is 0 Å². The van der Waals surface area contributed by atoms with Gasteiger partial charge in [-0.05, 0) is 31.0 Å². The Morgan fingerprint density at radius 1 is 1.37 bits per heavy atom. The van der Waals surface area contributed by atoms with E-state index in [1.807, 2.05) is 25.1 Å². The summed E-state index contributed by atoms with van der Waals surface area (Å²) in [4.78, 5) is 7.49. The van der Waals surface area contributed by atoms with Crippen molar-refractivity contribution in [2.24, 2.45) is 0 Å². The van der Waals surface area contributed by atoms with Crippen molar-refractivity contribution in [1.82, 2.24) is 19.0 Å². The van der Waals surface area contributed by atoms with Crippen molar-refractivity contribution >= 4 is 21.2 Å². The molecule has 2 N–H and O–H groups in total. The molecule has 0 aliphatic heterocycles. The summed E-state index contributed by atoms with van der Waals surface area (Å²) < 4.78 is 26.8. The van der Waals surface area contributed by atoms with E-state index in [1.165, 1.54) is 14.1 Å². The minimum Gasteiger partial charge on any atom is -0.342 e. The van der Waals surface area contributed by atoms with E-state index in [-0.39, 0.29) is 0 Å². The number of hydrogen-bond donors (Lipinski definition) is 2. The van der Waals surface area contributed by atoms with Gasteiger partial charge in [-0.3, -0.25) is 0 Å². The largest absolute Gasteiger partial charge is 0.342 e. The number of benzene rings is 1.